The molecule has 1 aromatic heterocycles. The van der Waals surface area contributed by atoms with Gasteiger partial charge in [0.05, 0.1) is 11.0 Å². The fourth-order valence-corrected chi connectivity index (χ4v) is 10.9. The lowest BCUT2D eigenvalue weighted by molar-refractivity contribution is -0.161. The molecule has 6 rings (SSSR count). The van der Waals surface area contributed by atoms with Crippen LogP contribution >= 0.6 is 0 Å². The monoisotopic (exact) mass is 600 g/mol. The molecule has 0 bridgehead atoms. The molecule has 8 heteroatoms. The van der Waals surface area contributed by atoms with E-state index in [9.17, 15) is 19.6 Å². The van der Waals surface area contributed by atoms with Crippen LogP contribution in [0.4, 0.5) is 0 Å². The number of amides is 1. The highest BCUT2D eigenvalue weighted by Gasteiger charge is 2.70. The topological polar surface area (TPSA) is 126 Å². The minimum Gasteiger partial charge on any atom is -0.356 e. The SMILES string of the molecule is CC(=O)NCCc1noc([C@]23CCC(C)(C)C[C@H]2[C@H]2C(=O)C=C4[C@@]5(C)C=C(C#N)C(=O)C(C)(C)[C@@H]5CC[C@@]4(C)[C@]2(C)CC3)n1. The van der Waals surface area contributed by atoms with Crippen LogP contribution in [0.25, 0.3) is 0 Å². The van der Waals surface area contributed by atoms with Gasteiger partial charge in [-0.1, -0.05) is 65.3 Å². The summed E-state index contributed by atoms with van der Waals surface area (Å²) in [4.78, 5) is 44.4. The molecule has 7 atom stereocenters. The Morgan fingerprint density at radius 3 is 2.45 bits per heavy atom. The van der Waals surface area contributed by atoms with E-state index < -0.39 is 10.8 Å². The highest BCUT2D eigenvalue weighted by Crippen LogP contribution is 2.74. The minimum absolute atomic E-state index is 0.0254. The minimum atomic E-state index is -0.678. The summed E-state index contributed by atoms with van der Waals surface area (Å²) in [5.41, 5.74) is -0.754. The molecule has 5 aliphatic rings. The summed E-state index contributed by atoms with van der Waals surface area (Å²) in [6, 6.07) is 2.20. The summed E-state index contributed by atoms with van der Waals surface area (Å²) >= 11 is 0. The smallest absolute Gasteiger partial charge is 0.233 e. The zero-order chi connectivity index (χ0) is 32.1. The molecule has 0 aromatic carbocycles. The van der Waals surface area contributed by atoms with E-state index in [1.54, 1.807) is 0 Å². The van der Waals surface area contributed by atoms with Crippen LogP contribution in [0.1, 0.15) is 112 Å². The Morgan fingerprint density at radius 2 is 1.77 bits per heavy atom. The number of fused-ring (bicyclic) bond motifs is 7. The highest BCUT2D eigenvalue weighted by atomic mass is 16.5. The van der Waals surface area contributed by atoms with E-state index in [1.165, 1.54) is 6.92 Å². The lowest BCUT2D eigenvalue weighted by Crippen LogP contribution is -2.65. The van der Waals surface area contributed by atoms with E-state index in [0.717, 1.165) is 50.5 Å². The van der Waals surface area contributed by atoms with E-state index in [0.29, 0.717) is 24.7 Å². The first kappa shape index (κ1) is 30.9. The number of carbonyl (C=O) groups is 3. The number of nitrogens with zero attached hydrogens (tertiary/aromatic N) is 3. The third kappa shape index (κ3) is 4.09. The van der Waals surface area contributed by atoms with Crippen LogP contribution in [-0.4, -0.2) is 34.2 Å². The first-order chi connectivity index (χ1) is 20.4. The van der Waals surface area contributed by atoms with Crippen LogP contribution in [0, 0.1) is 56.2 Å². The van der Waals surface area contributed by atoms with Crippen LogP contribution in [0.2, 0.25) is 0 Å². The Bertz CT molecular complexity index is 1540. The molecule has 8 nitrogen and oxygen atoms in total. The van der Waals surface area contributed by atoms with Gasteiger partial charge in [0.25, 0.3) is 0 Å². The zero-order valence-corrected chi connectivity index (χ0v) is 27.7. The molecule has 0 radical (unpaired) electrons. The molecule has 1 N–H and O–H groups in total. The third-order valence-electron chi connectivity index (χ3n) is 13.5. The number of Topliss-reactive ketones (excluding diaryl/α,β-unsaturated/α-hetero) is 1. The maximum absolute atomic E-state index is 14.7. The van der Waals surface area contributed by atoms with Gasteiger partial charge < -0.3 is 9.84 Å². The number of carbonyl (C=O) groups excluding carboxylic acids is 3. The van der Waals surface area contributed by atoms with Crippen molar-refractivity contribution in [2.75, 3.05) is 6.54 Å². The maximum Gasteiger partial charge on any atom is 0.233 e. The van der Waals surface area contributed by atoms with Crippen molar-refractivity contribution in [1.82, 2.24) is 15.5 Å². The molecule has 0 aliphatic heterocycles. The standard InChI is InChI=1S/C36H48N4O4/c1-21(41)38-16-10-27-39-30(44-40-27)36-14-12-31(2,3)19-23(36)28-24(42)17-26-33(6)18-22(20-37)29(43)32(4,5)25(33)9-11-34(26,7)35(28,8)13-15-36/h17-18,23,25,28H,9-16,19H2,1-8H3,(H,38,41)/t23-,25-,28-,33-,34+,35+,36-/m0/s1. The Balaban J connectivity index is 1.45. The first-order valence-electron chi connectivity index (χ1n) is 16.5. The second-order valence-electron chi connectivity index (χ2n) is 16.7. The van der Waals surface area contributed by atoms with Crippen LogP contribution < -0.4 is 5.32 Å². The highest BCUT2D eigenvalue weighted by molar-refractivity contribution is 6.04. The van der Waals surface area contributed by atoms with Gasteiger partial charge in [0.1, 0.15) is 6.07 Å². The number of nitriles is 1. The predicted molar refractivity (Wildman–Crippen MR) is 165 cm³/mol. The van der Waals surface area contributed by atoms with Gasteiger partial charge in [0.15, 0.2) is 17.4 Å². The quantitative estimate of drug-likeness (QED) is 0.435. The van der Waals surface area contributed by atoms with Crippen molar-refractivity contribution < 1.29 is 18.9 Å². The molecule has 3 saturated carbocycles. The van der Waals surface area contributed by atoms with Gasteiger partial charge in [0.2, 0.25) is 11.8 Å². The first-order valence-corrected chi connectivity index (χ1v) is 16.5. The van der Waals surface area contributed by atoms with Crippen molar-refractivity contribution in [3.8, 4) is 6.07 Å². The Morgan fingerprint density at radius 1 is 1.07 bits per heavy atom. The summed E-state index contributed by atoms with van der Waals surface area (Å²) in [5, 5.41) is 17.1. The summed E-state index contributed by atoms with van der Waals surface area (Å²) in [5.74, 6) is 1.11. The molecule has 0 spiro atoms. The van der Waals surface area contributed by atoms with Gasteiger partial charge in [-0.05, 0) is 79.1 Å². The van der Waals surface area contributed by atoms with E-state index in [1.807, 2.05) is 26.0 Å². The van der Waals surface area contributed by atoms with Crippen LogP contribution in [0.5, 0.6) is 0 Å². The molecule has 0 saturated heterocycles. The summed E-state index contributed by atoms with van der Waals surface area (Å²) < 4.78 is 6.04. The number of hydrogen-bond donors (Lipinski definition) is 1. The largest absolute Gasteiger partial charge is 0.356 e. The molecule has 1 heterocycles. The second-order valence-corrected chi connectivity index (χ2v) is 16.7. The lowest BCUT2D eigenvalue weighted by Gasteiger charge is -2.68. The zero-order valence-electron chi connectivity index (χ0n) is 27.7. The van der Waals surface area contributed by atoms with E-state index in [2.05, 4.69) is 51.2 Å². The average molecular weight is 601 g/mol. The third-order valence-corrected chi connectivity index (χ3v) is 13.5. The van der Waals surface area contributed by atoms with Crippen LogP contribution in [0.3, 0.4) is 0 Å². The molecule has 3 fully saturated rings. The molecule has 0 unspecified atom stereocenters. The van der Waals surface area contributed by atoms with Crippen LogP contribution in [0.15, 0.2) is 27.8 Å². The molecule has 5 aliphatic carbocycles. The summed E-state index contributed by atoms with van der Waals surface area (Å²) in [7, 11) is 0. The van der Waals surface area contributed by atoms with Gasteiger partial charge in [-0.25, -0.2) is 0 Å². The summed E-state index contributed by atoms with van der Waals surface area (Å²) in [6.07, 6.45) is 10.7. The number of aromatic nitrogens is 2. The van der Waals surface area contributed by atoms with Gasteiger partial charge in [0, 0.05) is 36.6 Å². The van der Waals surface area contributed by atoms with Crippen molar-refractivity contribution in [3.63, 3.8) is 0 Å². The molecule has 1 aromatic rings. The Hall–Kier alpha value is -3.08. The molecular formula is C36H48N4O4. The predicted octanol–water partition coefficient (Wildman–Crippen LogP) is 6.22. The normalized spacial score (nSPS) is 40.3. The van der Waals surface area contributed by atoms with Crippen LogP contribution in [-0.2, 0) is 26.2 Å². The number of rotatable bonds is 4. The van der Waals surface area contributed by atoms with Gasteiger partial charge in [-0.2, -0.15) is 10.2 Å². The van der Waals surface area contributed by atoms with Gasteiger partial charge in [-0.3, -0.25) is 14.4 Å². The van der Waals surface area contributed by atoms with Gasteiger partial charge in [-0.15, -0.1) is 0 Å². The van der Waals surface area contributed by atoms with E-state index in [4.69, 9.17) is 9.51 Å². The van der Waals surface area contributed by atoms with Crippen molar-refractivity contribution in [2.24, 2.45) is 44.8 Å². The van der Waals surface area contributed by atoms with Crippen molar-refractivity contribution in [3.05, 3.63) is 35.0 Å². The van der Waals surface area contributed by atoms with E-state index >= 15 is 0 Å². The number of ketones is 2. The van der Waals surface area contributed by atoms with Crippen molar-refractivity contribution in [2.45, 2.75) is 112 Å². The molecule has 236 valence electrons. The van der Waals surface area contributed by atoms with Crippen molar-refractivity contribution in [1.29, 1.82) is 5.26 Å². The maximum atomic E-state index is 14.7. The summed E-state index contributed by atoms with van der Waals surface area (Å²) in [6.45, 7) is 17.4. The fraction of sp³-hybridized carbons (Fsp3) is 0.722. The lowest BCUT2D eigenvalue weighted by atomic mass is 9.34. The number of nitrogens with one attached hydrogen (secondary N) is 1. The molecule has 44 heavy (non-hydrogen) atoms. The Kier molecular flexibility index (Phi) is 6.82. The Labute approximate surface area is 261 Å². The number of allylic oxidation sites excluding steroid dienone is 4. The average Bonchev–Trinajstić information content (AvgIpc) is 3.41. The fourth-order valence-electron chi connectivity index (χ4n) is 10.9. The van der Waals surface area contributed by atoms with Gasteiger partial charge >= 0.3 is 0 Å². The number of hydrogen-bond acceptors (Lipinski definition) is 7. The van der Waals surface area contributed by atoms with Crippen molar-refractivity contribution >= 4 is 17.5 Å². The second kappa shape index (κ2) is 9.71. The molecule has 1 amide bonds. The van der Waals surface area contributed by atoms with E-state index in [-0.39, 0.29) is 62.5 Å². The molecular weight excluding hydrogens is 552 g/mol.